The number of aromatic nitrogens is 1. The largest absolute Gasteiger partial charge is 0.344 e. The van der Waals surface area contributed by atoms with E-state index in [1.807, 2.05) is 36.4 Å². The number of hydrogen-bond acceptors (Lipinski definition) is 3. The highest BCUT2D eigenvalue weighted by Gasteiger charge is 2.21. The van der Waals surface area contributed by atoms with E-state index in [4.69, 9.17) is 9.98 Å². The predicted molar refractivity (Wildman–Crippen MR) is 188 cm³/mol. The van der Waals surface area contributed by atoms with Crippen molar-refractivity contribution < 1.29 is 0 Å². The number of amidine groups is 2. The van der Waals surface area contributed by atoms with Crippen molar-refractivity contribution in [2.75, 3.05) is 0 Å². The lowest BCUT2D eigenvalue weighted by Crippen LogP contribution is -2.33. The van der Waals surface area contributed by atoms with Crippen LogP contribution in [0.5, 0.6) is 0 Å². The Morgan fingerprint density at radius 1 is 0.489 bits per heavy atom. The molecular formula is C41H28N4. The van der Waals surface area contributed by atoms with Gasteiger partial charge in [-0.15, -0.1) is 0 Å². The fourth-order valence-corrected chi connectivity index (χ4v) is 6.71. The van der Waals surface area contributed by atoms with Gasteiger partial charge in [0, 0.05) is 27.6 Å². The Morgan fingerprint density at radius 3 is 1.67 bits per heavy atom. The van der Waals surface area contributed by atoms with Gasteiger partial charge < -0.3 is 9.88 Å². The van der Waals surface area contributed by atoms with Crippen LogP contribution in [0.1, 0.15) is 22.9 Å². The molecule has 1 aliphatic heterocycles. The summed E-state index contributed by atoms with van der Waals surface area (Å²) in [6, 6.07) is 55.6. The van der Waals surface area contributed by atoms with Gasteiger partial charge in [-0.2, -0.15) is 0 Å². The van der Waals surface area contributed by atoms with Gasteiger partial charge in [0.1, 0.15) is 12.0 Å². The van der Waals surface area contributed by atoms with Crippen LogP contribution in [0.15, 0.2) is 168 Å². The van der Waals surface area contributed by atoms with Gasteiger partial charge in [0.25, 0.3) is 0 Å². The van der Waals surface area contributed by atoms with E-state index in [1.54, 1.807) is 0 Å². The molecule has 0 amide bonds. The second-order valence-corrected chi connectivity index (χ2v) is 11.5. The minimum absolute atomic E-state index is 0.229. The lowest BCUT2D eigenvalue weighted by atomic mass is 10.00. The first-order chi connectivity index (χ1) is 22.3. The van der Waals surface area contributed by atoms with Gasteiger partial charge in [-0.05, 0) is 63.5 Å². The summed E-state index contributed by atoms with van der Waals surface area (Å²) in [5.41, 5.74) is 6.60. The number of aliphatic imine (C=N–C) groups is 2. The molecule has 9 rings (SSSR count). The van der Waals surface area contributed by atoms with E-state index in [2.05, 4.69) is 131 Å². The summed E-state index contributed by atoms with van der Waals surface area (Å²) in [5.74, 6) is 1.53. The van der Waals surface area contributed by atoms with Crippen LogP contribution in [0.3, 0.4) is 0 Å². The SMILES string of the molecule is c1ccc(C2=NC(c3ccc(-n4c5ccc6ccccc6c5c5c6ccccc6ccc54)cc3)=NC(c3ccccc3)N2)cc1. The highest BCUT2D eigenvalue weighted by Crippen LogP contribution is 2.40. The van der Waals surface area contributed by atoms with E-state index in [0.29, 0.717) is 5.84 Å². The second-order valence-electron chi connectivity index (χ2n) is 11.5. The summed E-state index contributed by atoms with van der Waals surface area (Å²) in [7, 11) is 0. The molecule has 0 radical (unpaired) electrons. The summed E-state index contributed by atoms with van der Waals surface area (Å²) in [6.07, 6.45) is -0.229. The number of nitrogens with zero attached hydrogens (tertiary/aromatic N) is 3. The monoisotopic (exact) mass is 576 g/mol. The molecule has 1 atom stereocenters. The average Bonchev–Trinajstić information content (AvgIpc) is 3.48. The van der Waals surface area contributed by atoms with E-state index >= 15 is 0 Å². The quantitative estimate of drug-likeness (QED) is 0.223. The van der Waals surface area contributed by atoms with E-state index in [0.717, 1.165) is 28.2 Å². The Bertz CT molecular complexity index is 2340. The fraction of sp³-hybridized carbons (Fsp3) is 0.0244. The molecule has 0 fully saturated rings. The first-order valence-corrected chi connectivity index (χ1v) is 15.3. The standard InChI is InChI=1S/C41H28N4/c1-3-13-29(14-4-1)39-42-40(30-15-5-2-6-16-30)44-41(43-39)31-19-23-32(24-20-31)45-35-25-21-27-11-7-9-17-33(27)37(35)38-34-18-10-8-12-28(34)22-26-36(38)45/h1-26,39H,(H,42,43,44). The molecule has 1 N–H and O–H groups in total. The third-order valence-corrected chi connectivity index (χ3v) is 8.83. The zero-order chi connectivity index (χ0) is 29.7. The van der Waals surface area contributed by atoms with Crippen molar-refractivity contribution in [1.82, 2.24) is 9.88 Å². The summed E-state index contributed by atoms with van der Waals surface area (Å²) >= 11 is 0. The molecule has 0 saturated heterocycles. The van der Waals surface area contributed by atoms with Crippen LogP contribution < -0.4 is 5.32 Å². The summed E-state index contributed by atoms with van der Waals surface area (Å²) in [4.78, 5) is 10.1. The van der Waals surface area contributed by atoms with Gasteiger partial charge in [0.15, 0.2) is 5.84 Å². The van der Waals surface area contributed by atoms with Crippen molar-refractivity contribution >= 4 is 55.0 Å². The maximum absolute atomic E-state index is 5.07. The fourth-order valence-electron chi connectivity index (χ4n) is 6.71. The Morgan fingerprint density at radius 2 is 1.04 bits per heavy atom. The van der Waals surface area contributed by atoms with Crippen molar-refractivity contribution in [3.05, 3.63) is 174 Å². The molecular weight excluding hydrogens is 548 g/mol. The number of rotatable bonds is 4. The molecule has 1 aromatic heterocycles. The zero-order valence-corrected chi connectivity index (χ0v) is 24.4. The van der Waals surface area contributed by atoms with Crippen LogP contribution in [-0.2, 0) is 0 Å². The molecule has 8 aromatic rings. The molecule has 4 nitrogen and oxygen atoms in total. The molecule has 0 saturated carbocycles. The van der Waals surface area contributed by atoms with Crippen molar-refractivity contribution in [2.24, 2.45) is 9.98 Å². The summed E-state index contributed by atoms with van der Waals surface area (Å²) in [6.45, 7) is 0. The maximum Gasteiger partial charge on any atom is 0.159 e. The van der Waals surface area contributed by atoms with Crippen molar-refractivity contribution in [1.29, 1.82) is 0 Å². The van der Waals surface area contributed by atoms with Gasteiger partial charge in [-0.1, -0.05) is 121 Å². The number of hydrogen-bond donors (Lipinski definition) is 1. The molecule has 1 aliphatic rings. The van der Waals surface area contributed by atoms with Crippen LogP contribution in [0.2, 0.25) is 0 Å². The van der Waals surface area contributed by atoms with Crippen molar-refractivity contribution in [3.63, 3.8) is 0 Å². The summed E-state index contributed by atoms with van der Waals surface area (Å²) in [5, 5.41) is 11.2. The van der Waals surface area contributed by atoms with Crippen LogP contribution in [-0.4, -0.2) is 16.2 Å². The van der Waals surface area contributed by atoms with Crippen LogP contribution in [0.4, 0.5) is 0 Å². The molecule has 0 spiro atoms. The molecule has 0 aliphatic carbocycles. The second kappa shape index (κ2) is 10.3. The highest BCUT2D eigenvalue weighted by molar-refractivity contribution is 6.28. The highest BCUT2D eigenvalue weighted by atomic mass is 15.2. The first kappa shape index (κ1) is 25.5. The Balaban J connectivity index is 1.22. The van der Waals surface area contributed by atoms with Gasteiger partial charge in [-0.25, -0.2) is 9.98 Å². The molecule has 2 heterocycles. The van der Waals surface area contributed by atoms with Crippen molar-refractivity contribution in [3.8, 4) is 5.69 Å². The minimum atomic E-state index is -0.229. The minimum Gasteiger partial charge on any atom is -0.344 e. The number of benzene rings is 7. The number of fused-ring (bicyclic) bond motifs is 7. The lowest BCUT2D eigenvalue weighted by molar-refractivity contribution is 0.674. The van der Waals surface area contributed by atoms with Crippen LogP contribution in [0.25, 0.3) is 49.0 Å². The maximum atomic E-state index is 5.07. The van der Waals surface area contributed by atoms with Crippen LogP contribution in [0, 0.1) is 0 Å². The Labute approximate surface area is 260 Å². The predicted octanol–water partition coefficient (Wildman–Crippen LogP) is 9.59. The first-order valence-electron chi connectivity index (χ1n) is 15.3. The lowest BCUT2D eigenvalue weighted by Gasteiger charge is -2.23. The molecule has 0 bridgehead atoms. The molecule has 4 heteroatoms. The van der Waals surface area contributed by atoms with E-state index in [9.17, 15) is 0 Å². The third kappa shape index (κ3) is 4.22. The van der Waals surface area contributed by atoms with Crippen molar-refractivity contribution in [2.45, 2.75) is 6.17 Å². The van der Waals surface area contributed by atoms with Gasteiger partial charge in [-0.3, -0.25) is 0 Å². The van der Waals surface area contributed by atoms with Crippen LogP contribution >= 0.6 is 0 Å². The van der Waals surface area contributed by atoms with E-state index in [1.165, 1.54) is 43.4 Å². The van der Waals surface area contributed by atoms with E-state index in [-0.39, 0.29) is 6.17 Å². The molecule has 7 aromatic carbocycles. The topological polar surface area (TPSA) is 41.7 Å². The smallest absolute Gasteiger partial charge is 0.159 e. The van der Waals surface area contributed by atoms with Gasteiger partial charge in [0.05, 0.1) is 11.0 Å². The van der Waals surface area contributed by atoms with Gasteiger partial charge >= 0.3 is 0 Å². The number of nitrogens with one attached hydrogen (secondary N) is 1. The summed E-state index contributed by atoms with van der Waals surface area (Å²) < 4.78 is 2.39. The Hall–Kier alpha value is -6.00. The third-order valence-electron chi connectivity index (χ3n) is 8.83. The molecule has 1 unspecified atom stereocenters. The van der Waals surface area contributed by atoms with E-state index < -0.39 is 0 Å². The normalized spacial score (nSPS) is 14.9. The molecule has 212 valence electrons. The Kier molecular flexibility index (Phi) is 5.85. The van der Waals surface area contributed by atoms with Gasteiger partial charge in [0.2, 0.25) is 0 Å². The zero-order valence-electron chi connectivity index (χ0n) is 24.4. The average molecular weight is 577 g/mol. The molecule has 45 heavy (non-hydrogen) atoms.